The quantitative estimate of drug-likeness (QED) is 0.887. The number of aliphatic hydroxyl groups is 1. The zero-order chi connectivity index (χ0) is 13.8. The largest absolute Gasteiger partial charge is 0.493 e. The van der Waals surface area contributed by atoms with E-state index in [0.29, 0.717) is 24.5 Å². The second-order valence-electron chi connectivity index (χ2n) is 6.11. The van der Waals surface area contributed by atoms with E-state index < -0.39 is 0 Å². The summed E-state index contributed by atoms with van der Waals surface area (Å²) in [5.41, 5.74) is 1.34. The van der Waals surface area contributed by atoms with E-state index in [1.165, 1.54) is 31.2 Å². The van der Waals surface area contributed by atoms with Gasteiger partial charge < -0.3 is 15.2 Å². The molecule has 0 saturated heterocycles. The highest BCUT2D eigenvalue weighted by Crippen LogP contribution is 2.33. The summed E-state index contributed by atoms with van der Waals surface area (Å²) in [5.74, 6) is 2.04. The standard InChI is InChI=1S/C17H25NO2/c19-12-14-5-1-3-7-16(14)18-11-13-9-10-20-17-8-4-2-6-15(13)17/h2,4,6,8,13-14,16,18-19H,1,3,5,7,9-12H2. The van der Waals surface area contributed by atoms with Gasteiger partial charge in [0.1, 0.15) is 5.75 Å². The summed E-state index contributed by atoms with van der Waals surface area (Å²) in [6, 6.07) is 8.88. The number of hydrogen-bond donors (Lipinski definition) is 2. The molecule has 1 aliphatic heterocycles. The Morgan fingerprint density at radius 2 is 2.00 bits per heavy atom. The van der Waals surface area contributed by atoms with Gasteiger partial charge in [-0.3, -0.25) is 0 Å². The summed E-state index contributed by atoms with van der Waals surface area (Å²) in [6.07, 6.45) is 6.01. The summed E-state index contributed by atoms with van der Waals surface area (Å²) >= 11 is 0. The zero-order valence-corrected chi connectivity index (χ0v) is 12.1. The molecule has 0 amide bonds. The highest BCUT2D eigenvalue weighted by Gasteiger charge is 2.26. The van der Waals surface area contributed by atoms with Crippen LogP contribution in [0.3, 0.4) is 0 Å². The zero-order valence-electron chi connectivity index (χ0n) is 12.1. The first-order valence-electron chi connectivity index (χ1n) is 7.94. The molecule has 3 unspecified atom stereocenters. The lowest BCUT2D eigenvalue weighted by molar-refractivity contribution is 0.150. The van der Waals surface area contributed by atoms with Crippen LogP contribution >= 0.6 is 0 Å². The van der Waals surface area contributed by atoms with Crippen LogP contribution in [-0.2, 0) is 0 Å². The van der Waals surface area contributed by atoms with Crippen LogP contribution in [0.1, 0.15) is 43.6 Å². The molecule has 0 spiro atoms. The van der Waals surface area contributed by atoms with Crippen molar-refractivity contribution in [3.8, 4) is 5.75 Å². The maximum absolute atomic E-state index is 9.50. The fourth-order valence-corrected chi connectivity index (χ4v) is 3.62. The fourth-order valence-electron chi connectivity index (χ4n) is 3.62. The van der Waals surface area contributed by atoms with E-state index in [2.05, 4.69) is 23.5 Å². The van der Waals surface area contributed by atoms with Gasteiger partial charge in [0, 0.05) is 25.1 Å². The summed E-state index contributed by atoms with van der Waals surface area (Å²) in [4.78, 5) is 0. The molecule has 3 rings (SSSR count). The second-order valence-corrected chi connectivity index (χ2v) is 6.11. The first-order valence-corrected chi connectivity index (χ1v) is 7.94. The first kappa shape index (κ1) is 13.9. The van der Waals surface area contributed by atoms with E-state index >= 15 is 0 Å². The van der Waals surface area contributed by atoms with Crippen molar-refractivity contribution < 1.29 is 9.84 Å². The Morgan fingerprint density at radius 3 is 2.90 bits per heavy atom. The van der Waals surface area contributed by atoms with Gasteiger partial charge in [0.25, 0.3) is 0 Å². The number of para-hydroxylation sites is 1. The molecule has 3 heteroatoms. The minimum atomic E-state index is 0.321. The minimum absolute atomic E-state index is 0.321. The van der Waals surface area contributed by atoms with Crippen molar-refractivity contribution in [2.45, 2.75) is 44.1 Å². The van der Waals surface area contributed by atoms with Crippen LogP contribution in [-0.4, -0.2) is 30.9 Å². The third kappa shape index (κ3) is 2.99. The van der Waals surface area contributed by atoms with Crippen LogP contribution in [0.15, 0.2) is 24.3 Å². The number of ether oxygens (including phenoxy) is 1. The Labute approximate surface area is 121 Å². The molecule has 1 aliphatic carbocycles. The molecule has 0 aromatic heterocycles. The summed E-state index contributed by atoms with van der Waals surface area (Å²) in [7, 11) is 0. The van der Waals surface area contributed by atoms with Gasteiger partial charge in [-0.2, -0.15) is 0 Å². The lowest BCUT2D eigenvalue weighted by atomic mass is 9.84. The van der Waals surface area contributed by atoms with Crippen molar-refractivity contribution in [2.75, 3.05) is 19.8 Å². The van der Waals surface area contributed by atoms with Gasteiger partial charge >= 0.3 is 0 Å². The lowest BCUT2D eigenvalue weighted by Gasteiger charge is -2.33. The number of rotatable bonds is 4. The lowest BCUT2D eigenvalue weighted by Crippen LogP contribution is -2.42. The van der Waals surface area contributed by atoms with Gasteiger partial charge in [0.05, 0.1) is 6.61 Å². The molecule has 0 bridgehead atoms. The van der Waals surface area contributed by atoms with E-state index in [0.717, 1.165) is 25.3 Å². The van der Waals surface area contributed by atoms with E-state index in [4.69, 9.17) is 4.74 Å². The van der Waals surface area contributed by atoms with E-state index in [9.17, 15) is 5.11 Å². The van der Waals surface area contributed by atoms with Crippen molar-refractivity contribution in [3.63, 3.8) is 0 Å². The third-order valence-corrected chi connectivity index (χ3v) is 4.85. The highest BCUT2D eigenvalue weighted by atomic mass is 16.5. The number of nitrogens with one attached hydrogen (secondary N) is 1. The van der Waals surface area contributed by atoms with Crippen LogP contribution in [0.4, 0.5) is 0 Å². The predicted octanol–water partition coefficient (Wildman–Crippen LogP) is 2.69. The van der Waals surface area contributed by atoms with Gasteiger partial charge in [0.2, 0.25) is 0 Å². The molecule has 1 fully saturated rings. The van der Waals surface area contributed by atoms with Gasteiger partial charge in [0.15, 0.2) is 0 Å². The number of benzene rings is 1. The molecule has 3 nitrogen and oxygen atoms in total. The topological polar surface area (TPSA) is 41.5 Å². The average Bonchev–Trinajstić information content (AvgIpc) is 2.53. The predicted molar refractivity (Wildman–Crippen MR) is 80.1 cm³/mol. The van der Waals surface area contributed by atoms with Gasteiger partial charge in [-0.25, -0.2) is 0 Å². The van der Waals surface area contributed by atoms with Crippen LogP contribution in [0.2, 0.25) is 0 Å². The SMILES string of the molecule is OCC1CCCCC1NCC1CCOc2ccccc21. The van der Waals surface area contributed by atoms with E-state index in [1.54, 1.807) is 0 Å². The molecule has 2 aliphatic rings. The summed E-state index contributed by atoms with van der Waals surface area (Å²) < 4.78 is 5.72. The Balaban J connectivity index is 1.61. The molecule has 3 atom stereocenters. The van der Waals surface area contributed by atoms with Crippen LogP contribution < -0.4 is 10.1 Å². The molecular weight excluding hydrogens is 250 g/mol. The number of hydrogen-bond acceptors (Lipinski definition) is 3. The smallest absolute Gasteiger partial charge is 0.122 e. The third-order valence-electron chi connectivity index (χ3n) is 4.85. The molecule has 2 N–H and O–H groups in total. The molecule has 1 aromatic carbocycles. The van der Waals surface area contributed by atoms with Crippen molar-refractivity contribution in [1.29, 1.82) is 0 Å². The van der Waals surface area contributed by atoms with Gasteiger partial charge in [-0.1, -0.05) is 31.0 Å². The van der Waals surface area contributed by atoms with Gasteiger partial charge in [-0.15, -0.1) is 0 Å². The monoisotopic (exact) mass is 275 g/mol. The molecule has 1 saturated carbocycles. The Kier molecular flexibility index (Phi) is 4.58. The van der Waals surface area contributed by atoms with Crippen molar-refractivity contribution >= 4 is 0 Å². The molecule has 110 valence electrons. The van der Waals surface area contributed by atoms with Gasteiger partial charge in [-0.05, 0) is 36.8 Å². The number of aliphatic hydroxyl groups excluding tert-OH is 1. The summed E-state index contributed by atoms with van der Waals surface area (Å²) in [5, 5.41) is 13.2. The second kappa shape index (κ2) is 6.59. The van der Waals surface area contributed by atoms with Crippen LogP contribution in [0.5, 0.6) is 5.75 Å². The molecule has 1 heterocycles. The van der Waals surface area contributed by atoms with Crippen molar-refractivity contribution in [3.05, 3.63) is 29.8 Å². The maximum Gasteiger partial charge on any atom is 0.122 e. The Morgan fingerprint density at radius 1 is 1.15 bits per heavy atom. The number of fused-ring (bicyclic) bond motifs is 1. The van der Waals surface area contributed by atoms with Crippen molar-refractivity contribution in [2.24, 2.45) is 5.92 Å². The Hall–Kier alpha value is -1.06. The normalized spacial score (nSPS) is 29.6. The molecule has 1 aromatic rings. The maximum atomic E-state index is 9.50. The van der Waals surface area contributed by atoms with E-state index in [1.807, 2.05) is 6.07 Å². The summed E-state index contributed by atoms with van der Waals surface area (Å²) in [6.45, 7) is 2.14. The molecule has 0 radical (unpaired) electrons. The fraction of sp³-hybridized carbons (Fsp3) is 0.647. The highest BCUT2D eigenvalue weighted by molar-refractivity contribution is 5.37. The minimum Gasteiger partial charge on any atom is -0.493 e. The average molecular weight is 275 g/mol. The molecule has 20 heavy (non-hydrogen) atoms. The Bertz CT molecular complexity index is 435. The molecular formula is C17H25NO2. The van der Waals surface area contributed by atoms with Crippen molar-refractivity contribution in [1.82, 2.24) is 5.32 Å². The van der Waals surface area contributed by atoms with Crippen LogP contribution in [0.25, 0.3) is 0 Å². The van der Waals surface area contributed by atoms with E-state index in [-0.39, 0.29) is 0 Å². The first-order chi connectivity index (χ1) is 9.88. The van der Waals surface area contributed by atoms with Crippen LogP contribution in [0, 0.1) is 5.92 Å².